The number of carboxylic acids is 1. The second-order valence-corrected chi connectivity index (χ2v) is 3.30. The third-order valence-corrected chi connectivity index (χ3v) is 0.858. The highest BCUT2D eigenvalue weighted by Crippen LogP contribution is 1.88. The van der Waals surface area contributed by atoms with Gasteiger partial charge in [-0.2, -0.15) is 4.65 Å². The molecule has 0 aromatic carbocycles. The number of quaternary nitrogens is 1. The second-order valence-electron chi connectivity index (χ2n) is 3.30. The molecule has 0 amide bonds. The molecule has 0 aromatic rings. The molecule has 1 N–H and O–H groups in total. The van der Waals surface area contributed by atoms with Gasteiger partial charge in [-0.25, -0.2) is 4.84 Å². The monoisotopic (exact) mass is 193 g/mol. The highest BCUT2D eigenvalue weighted by atomic mass is 16.7. The quantitative estimate of drug-likeness (QED) is 0.449. The van der Waals surface area contributed by atoms with Gasteiger partial charge in [0.25, 0.3) is 0 Å². The van der Waals surface area contributed by atoms with Crippen LogP contribution in [0.25, 0.3) is 0 Å². The van der Waals surface area contributed by atoms with Crippen LogP contribution in [0.15, 0.2) is 0 Å². The number of aliphatic hydroxyl groups is 1. The van der Waals surface area contributed by atoms with E-state index < -0.39 is 12.1 Å². The van der Waals surface area contributed by atoms with E-state index in [-0.39, 0.29) is 0 Å². The molecule has 0 unspecified atom stereocenters. The van der Waals surface area contributed by atoms with Crippen molar-refractivity contribution in [3.63, 3.8) is 0 Å². The van der Waals surface area contributed by atoms with E-state index in [9.17, 15) is 9.90 Å². The maximum absolute atomic E-state index is 9.34. The van der Waals surface area contributed by atoms with Crippen LogP contribution in [-0.4, -0.2) is 49.6 Å². The zero-order valence-corrected chi connectivity index (χ0v) is 8.90. The molecule has 0 radical (unpaired) electrons. The van der Waals surface area contributed by atoms with E-state index in [4.69, 9.17) is 9.94 Å². The first kappa shape index (κ1) is 14.9. The predicted molar refractivity (Wildman–Crippen MR) is 46.3 cm³/mol. The third-order valence-electron chi connectivity index (χ3n) is 0.858. The van der Waals surface area contributed by atoms with Gasteiger partial charge in [0, 0.05) is 0 Å². The lowest BCUT2D eigenvalue weighted by atomic mass is 10.4. The zero-order chi connectivity index (χ0) is 11.1. The number of hydroxylamine groups is 3. The summed E-state index contributed by atoms with van der Waals surface area (Å²) >= 11 is 0. The van der Waals surface area contributed by atoms with Crippen LogP contribution in [0.1, 0.15) is 13.8 Å². The van der Waals surface area contributed by atoms with Gasteiger partial charge in [0.1, 0.15) is 6.61 Å². The number of aliphatic hydroxyl groups excluding tert-OH is 1. The standard InChI is InChI=1S/C5H14NO.C3H6O3/c1-5-7-6(2,3)4;1-2(4)3(5)6/h5H2,1-4H3;2,4H,1H3,(H,5,6)/q+1;/p-1/t;2-/m.0/s1. The minimum atomic E-state index is -1.44. The molecule has 13 heavy (non-hydrogen) atoms. The lowest BCUT2D eigenvalue weighted by Gasteiger charge is -2.19. The summed E-state index contributed by atoms with van der Waals surface area (Å²) < 4.78 is 0.594. The molecule has 0 aliphatic carbocycles. The van der Waals surface area contributed by atoms with E-state index in [1.165, 1.54) is 0 Å². The van der Waals surface area contributed by atoms with Gasteiger partial charge < -0.3 is 15.0 Å². The van der Waals surface area contributed by atoms with Crippen molar-refractivity contribution in [2.45, 2.75) is 20.0 Å². The molecule has 0 saturated heterocycles. The van der Waals surface area contributed by atoms with Crippen molar-refractivity contribution in [1.82, 2.24) is 0 Å². The Labute approximate surface area is 79.1 Å². The second kappa shape index (κ2) is 6.82. The molecule has 0 aliphatic rings. The molecule has 0 heterocycles. The van der Waals surface area contributed by atoms with Crippen molar-refractivity contribution in [3.8, 4) is 0 Å². The summed E-state index contributed by atoms with van der Waals surface area (Å²) in [6.07, 6.45) is -1.34. The van der Waals surface area contributed by atoms with Crippen LogP contribution >= 0.6 is 0 Å². The van der Waals surface area contributed by atoms with Crippen molar-refractivity contribution in [1.29, 1.82) is 0 Å². The molecule has 80 valence electrons. The van der Waals surface area contributed by atoms with E-state index in [0.717, 1.165) is 13.5 Å². The number of carbonyl (C=O) groups is 1. The summed E-state index contributed by atoms with van der Waals surface area (Å²) in [6, 6.07) is 0. The number of nitrogens with zero attached hydrogens (tertiary/aromatic N) is 1. The molecular formula is C8H19NO4. The van der Waals surface area contributed by atoms with Gasteiger partial charge in [-0.15, -0.1) is 0 Å². The first-order valence-corrected chi connectivity index (χ1v) is 4.05. The zero-order valence-electron chi connectivity index (χ0n) is 8.90. The molecule has 1 atom stereocenters. The van der Waals surface area contributed by atoms with Crippen molar-refractivity contribution in [2.24, 2.45) is 0 Å². The van der Waals surface area contributed by atoms with Crippen LogP contribution in [-0.2, 0) is 9.63 Å². The molecule has 0 aliphatic heterocycles. The van der Waals surface area contributed by atoms with Crippen LogP contribution in [0.2, 0.25) is 0 Å². The fourth-order valence-electron chi connectivity index (χ4n) is 0.387. The normalized spacial score (nSPS) is 12.8. The third kappa shape index (κ3) is 18.4. The molecule has 0 spiro atoms. The van der Waals surface area contributed by atoms with E-state index in [0.29, 0.717) is 4.65 Å². The molecule has 5 nitrogen and oxygen atoms in total. The van der Waals surface area contributed by atoms with Crippen LogP contribution in [0.5, 0.6) is 0 Å². The van der Waals surface area contributed by atoms with Gasteiger partial charge in [-0.3, -0.25) is 0 Å². The summed E-state index contributed by atoms with van der Waals surface area (Å²) in [6.45, 7) is 3.91. The minimum Gasteiger partial charge on any atom is -0.547 e. The number of hydrogen-bond acceptors (Lipinski definition) is 4. The van der Waals surface area contributed by atoms with Gasteiger partial charge in [-0.05, 0) is 13.8 Å². The fourth-order valence-corrected chi connectivity index (χ4v) is 0.387. The molecule has 0 aromatic heterocycles. The van der Waals surface area contributed by atoms with Crippen molar-refractivity contribution < 1.29 is 24.5 Å². The Morgan fingerprint density at radius 2 is 1.85 bits per heavy atom. The van der Waals surface area contributed by atoms with Crippen LogP contribution < -0.4 is 5.11 Å². The molecule has 0 rings (SSSR count). The highest BCUT2D eigenvalue weighted by Gasteiger charge is 2.03. The van der Waals surface area contributed by atoms with Gasteiger partial charge in [-0.1, -0.05) is 0 Å². The lowest BCUT2D eigenvalue weighted by Crippen LogP contribution is -2.34. The molecule has 5 heteroatoms. The number of rotatable bonds is 3. The SMILES string of the molecule is CCO[N+](C)(C)C.C[C@H](O)C(=O)[O-]. The van der Waals surface area contributed by atoms with Crippen molar-refractivity contribution in [2.75, 3.05) is 27.7 Å². The first-order valence-electron chi connectivity index (χ1n) is 4.05. The lowest BCUT2D eigenvalue weighted by molar-refractivity contribution is -1.06. The van der Waals surface area contributed by atoms with Gasteiger partial charge in [0.05, 0.1) is 33.2 Å². The van der Waals surface area contributed by atoms with Crippen LogP contribution in [0.4, 0.5) is 0 Å². The summed E-state index contributed by atoms with van der Waals surface area (Å²) in [5, 5.41) is 17.3. The molecule has 0 bridgehead atoms. The summed E-state index contributed by atoms with van der Waals surface area (Å²) in [5.74, 6) is -1.44. The molecular weight excluding hydrogens is 174 g/mol. The number of carbonyl (C=O) groups excluding carboxylic acids is 1. The Bertz CT molecular complexity index is 140. The van der Waals surface area contributed by atoms with Crippen molar-refractivity contribution >= 4 is 5.97 Å². The fraction of sp³-hybridized carbons (Fsp3) is 0.875. The Hall–Kier alpha value is -0.650. The number of aliphatic carboxylic acids is 1. The Morgan fingerprint density at radius 3 is 1.85 bits per heavy atom. The van der Waals surface area contributed by atoms with Gasteiger partial charge in [0.2, 0.25) is 0 Å². The maximum atomic E-state index is 9.34. The summed E-state index contributed by atoms with van der Waals surface area (Å²) in [7, 11) is 5.97. The Morgan fingerprint density at radius 1 is 1.54 bits per heavy atom. The molecule has 0 saturated carbocycles. The highest BCUT2D eigenvalue weighted by molar-refractivity contribution is 5.68. The number of hydrogen-bond donors (Lipinski definition) is 1. The van der Waals surface area contributed by atoms with Crippen molar-refractivity contribution in [3.05, 3.63) is 0 Å². The average molecular weight is 193 g/mol. The Balaban J connectivity index is 0. The topological polar surface area (TPSA) is 69.6 Å². The number of carboxylic acid groups (broad SMARTS) is 1. The summed E-state index contributed by atoms with van der Waals surface area (Å²) in [4.78, 5) is 14.5. The molecule has 0 fully saturated rings. The van der Waals surface area contributed by atoms with E-state index in [1.807, 2.05) is 28.1 Å². The van der Waals surface area contributed by atoms with Crippen LogP contribution in [0, 0.1) is 0 Å². The average Bonchev–Trinajstić information content (AvgIpc) is 1.85. The maximum Gasteiger partial charge on any atom is 0.103 e. The predicted octanol–water partition coefficient (Wildman–Crippen LogP) is -1.24. The van der Waals surface area contributed by atoms with Gasteiger partial charge in [0.15, 0.2) is 0 Å². The van der Waals surface area contributed by atoms with Crippen LogP contribution in [0.3, 0.4) is 0 Å². The van der Waals surface area contributed by atoms with E-state index in [2.05, 4.69) is 0 Å². The first-order chi connectivity index (χ1) is 5.70. The largest absolute Gasteiger partial charge is 0.547 e. The minimum absolute atomic E-state index is 0.594. The van der Waals surface area contributed by atoms with Gasteiger partial charge >= 0.3 is 0 Å². The summed E-state index contributed by atoms with van der Waals surface area (Å²) in [5.41, 5.74) is 0. The smallest absolute Gasteiger partial charge is 0.103 e. The van der Waals surface area contributed by atoms with E-state index in [1.54, 1.807) is 0 Å². The van der Waals surface area contributed by atoms with E-state index >= 15 is 0 Å². The Kier molecular flexibility index (Phi) is 7.79.